The van der Waals surface area contributed by atoms with Gasteiger partial charge in [-0.2, -0.15) is 8.78 Å². The summed E-state index contributed by atoms with van der Waals surface area (Å²) in [5, 5.41) is 3.58. The number of thioether (sulfide) groups is 1. The number of nitrogens with one attached hydrogen (secondary N) is 1. The van der Waals surface area contributed by atoms with Crippen molar-refractivity contribution in [1.82, 2.24) is 9.97 Å². The molecule has 0 radical (unpaired) electrons. The molecule has 0 amide bonds. The fourth-order valence-electron chi connectivity index (χ4n) is 2.96. The highest BCUT2D eigenvalue weighted by Gasteiger charge is 2.34. The molecule has 0 bridgehead atoms. The molecule has 0 atom stereocenters. The molecule has 0 unspecified atom stereocenters. The molecular formula is C18H20ClF2N3S. The summed E-state index contributed by atoms with van der Waals surface area (Å²) < 4.78 is 29.2. The SMILES string of the molecule is CCSc1nc2c(c(NCC(F)(F)c3ccccc3Cl)n1)CCCC2. The molecule has 134 valence electrons. The van der Waals surface area contributed by atoms with Gasteiger partial charge in [-0.3, -0.25) is 0 Å². The minimum absolute atomic E-state index is 0.0706. The molecule has 0 saturated heterocycles. The topological polar surface area (TPSA) is 37.8 Å². The highest BCUT2D eigenvalue weighted by atomic mass is 35.5. The first-order valence-electron chi connectivity index (χ1n) is 8.40. The van der Waals surface area contributed by atoms with Crippen LogP contribution in [0.2, 0.25) is 5.02 Å². The maximum Gasteiger partial charge on any atom is 0.291 e. The van der Waals surface area contributed by atoms with Crippen molar-refractivity contribution in [2.24, 2.45) is 0 Å². The standard InChI is InChI=1S/C18H20ClF2N3S/c1-2-25-17-23-15-10-6-3-7-12(15)16(24-17)22-11-18(20,21)13-8-4-5-9-14(13)19/h4-5,8-9H,2-3,6-7,10-11H2,1H3,(H,22,23,24). The van der Waals surface area contributed by atoms with Crippen LogP contribution >= 0.6 is 23.4 Å². The Labute approximate surface area is 155 Å². The molecular weight excluding hydrogens is 364 g/mol. The van der Waals surface area contributed by atoms with Gasteiger partial charge in [-0.15, -0.1) is 0 Å². The van der Waals surface area contributed by atoms with E-state index in [1.807, 2.05) is 6.92 Å². The molecule has 7 heteroatoms. The Morgan fingerprint density at radius 1 is 1.20 bits per heavy atom. The van der Waals surface area contributed by atoms with Crippen molar-refractivity contribution in [2.45, 2.75) is 43.7 Å². The van der Waals surface area contributed by atoms with Crippen LogP contribution in [0, 0.1) is 0 Å². The Morgan fingerprint density at radius 3 is 2.72 bits per heavy atom. The summed E-state index contributed by atoms with van der Waals surface area (Å²) in [5.74, 6) is -1.70. The van der Waals surface area contributed by atoms with Crippen molar-refractivity contribution < 1.29 is 8.78 Å². The minimum atomic E-state index is -3.08. The molecule has 0 saturated carbocycles. The van der Waals surface area contributed by atoms with Crippen LogP contribution in [0.1, 0.15) is 36.6 Å². The molecule has 1 N–H and O–H groups in total. The number of rotatable bonds is 6. The van der Waals surface area contributed by atoms with Crippen molar-refractivity contribution in [1.29, 1.82) is 0 Å². The normalized spacial score (nSPS) is 14.2. The lowest BCUT2D eigenvalue weighted by atomic mass is 9.96. The van der Waals surface area contributed by atoms with Crippen LogP contribution in [-0.4, -0.2) is 22.3 Å². The third-order valence-corrected chi connectivity index (χ3v) is 5.24. The van der Waals surface area contributed by atoms with Gasteiger partial charge in [0.05, 0.1) is 12.2 Å². The molecule has 3 rings (SSSR count). The smallest absolute Gasteiger partial charge is 0.291 e. The number of hydrogen-bond acceptors (Lipinski definition) is 4. The summed E-state index contributed by atoms with van der Waals surface area (Å²) in [6.07, 6.45) is 3.82. The Bertz CT molecular complexity index is 755. The van der Waals surface area contributed by atoms with E-state index in [0.717, 1.165) is 42.7 Å². The quantitative estimate of drug-likeness (QED) is 0.540. The van der Waals surface area contributed by atoms with Gasteiger partial charge >= 0.3 is 0 Å². The summed E-state index contributed by atoms with van der Waals surface area (Å²) in [5.41, 5.74) is 1.79. The molecule has 1 heterocycles. The second-order valence-electron chi connectivity index (χ2n) is 5.96. The second-order valence-corrected chi connectivity index (χ2v) is 7.60. The Hall–Kier alpha value is -1.40. The largest absolute Gasteiger partial charge is 0.363 e. The van der Waals surface area contributed by atoms with Crippen molar-refractivity contribution in [3.8, 4) is 0 Å². The van der Waals surface area contributed by atoms with Crippen molar-refractivity contribution >= 4 is 29.2 Å². The van der Waals surface area contributed by atoms with Crippen molar-refractivity contribution in [2.75, 3.05) is 17.6 Å². The van der Waals surface area contributed by atoms with E-state index in [-0.39, 0.29) is 10.6 Å². The number of aromatic nitrogens is 2. The molecule has 0 aliphatic heterocycles. The lowest BCUT2D eigenvalue weighted by molar-refractivity contribution is 0.0106. The van der Waals surface area contributed by atoms with Gasteiger partial charge in [-0.25, -0.2) is 9.97 Å². The molecule has 1 aromatic carbocycles. The monoisotopic (exact) mass is 383 g/mol. The van der Waals surface area contributed by atoms with E-state index >= 15 is 0 Å². The van der Waals surface area contributed by atoms with E-state index in [2.05, 4.69) is 15.3 Å². The van der Waals surface area contributed by atoms with Gasteiger partial charge in [0.1, 0.15) is 5.82 Å². The van der Waals surface area contributed by atoms with Crippen LogP contribution in [0.3, 0.4) is 0 Å². The van der Waals surface area contributed by atoms with Gasteiger partial charge in [0.25, 0.3) is 5.92 Å². The average Bonchev–Trinajstić information content (AvgIpc) is 2.60. The van der Waals surface area contributed by atoms with Crippen molar-refractivity contribution in [3.63, 3.8) is 0 Å². The Balaban J connectivity index is 1.85. The van der Waals surface area contributed by atoms with Crippen molar-refractivity contribution in [3.05, 3.63) is 46.1 Å². The highest BCUT2D eigenvalue weighted by Crippen LogP contribution is 2.34. The molecule has 1 aromatic heterocycles. The van der Waals surface area contributed by atoms with Crippen LogP contribution in [0.25, 0.3) is 0 Å². The van der Waals surface area contributed by atoms with Gasteiger partial charge < -0.3 is 5.32 Å². The maximum absolute atomic E-state index is 14.6. The van der Waals surface area contributed by atoms with Gasteiger partial charge in [0.2, 0.25) is 0 Å². The molecule has 1 aliphatic carbocycles. The first-order valence-corrected chi connectivity index (χ1v) is 9.77. The third-order valence-electron chi connectivity index (χ3n) is 4.18. The second kappa shape index (κ2) is 7.87. The zero-order valence-electron chi connectivity index (χ0n) is 14.0. The van der Waals surface area contributed by atoms with Gasteiger partial charge in [0.15, 0.2) is 5.16 Å². The number of fused-ring (bicyclic) bond motifs is 1. The predicted molar refractivity (Wildman–Crippen MR) is 98.9 cm³/mol. The van der Waals surface area contributed by atoms with Gasteiger partial charge in [0, 0.05) is 16.1 Å². The van der Waals surface area contributed by atoms with E-state index in [1.165, 1.54) is 23.9 Å². The third kappa shape index (κ3) is 4.23. The van der Waals surface area contributed by atoms with E-state index in [0.29, 0.717) is 11.0 Å². The van der Waals surface area contributed by atoms with Gasteiger partial charge in [-0.05, 0) is 37.5 Å². The lowest BCUT2D eigenvalue weighted by Gasteiger charge is -2.23. The first kappa shape index (κ1) is 18.4. The zero-order chi connectivity index (χ0) is 17.9. The molecule has 0 fully saturated rings. The molecule has 0 spiro atoms. The van der Waals surface area contributed by atoms with Crippen LogP contribution in [-0.2, 0) is 18.8 Å². The average molecular weight is 384 g/mol. The number of hydrogen-bond donors (Lipinski definition) is 1. The summed E-state index contributed by atoms with van der Waals surface area (Å²) in [7, 11) is 0. The number of aryl methyl sites for hydroxylation is 1. The number of alkyl halides is 2. The van der Waals surface area contributed by atoms with Crippen LogP contribution < -0.4 is 5.32 Å². The number of anilines is 1. The number of benzene rings is 1. The van der Waals surface area contributed by atoms with E-state index in [4.69, 9.17) is 11.6 Å². The highest BCUT2D eigenvalue weighted by molar-refractivity contribution is 7.99. The Morgan fingerprint density at radius 2 is 1.96 bits per heavy atom. The Kier molecular flexibility index (Phi) is 5.79. The van der Waals surface area contributed by atoms with Gasteiger partial charge in [-0.1, -0.05) is 48.5 Å². The minimum Gasteiger partial charge on any atom is -0.363 e. The first-order chi connectivity index (χ1) is 12.0. The number of halogens is 3. The molecule has 2 aromatic rings. The number of nitrogens with zero attached hydrogens (tertiary/aromatic N) is 2. The zero-order valence-corrected chi connectivity index (χ0v) is 15.6. The van der Waals surface area contributed by atoms with Crippen LogP contribution in [0.15, 0.2) is 29.4 Å². The summed E-state index contributed by atoms with van der Waals surface area (Å²) >= 11 is 7.46. The molecule has 3 nitrogen and oxygen atoms in total. The fourth-order valence-corrected chi connectivity index (χ4v) is 3.82. The molecule has 1 aliphatic rings. The summed E-state index contributed by atoms with van der Waals surface area (Å²) in [6, 6.07) is 6.05. The molecule has 25 heavy (non-hydrogen) atoms. The van der Waals surface area contributed by atoms with Crippen LogP contribution in [0.5, 0.6) is 0 Å². The maximum atomic E-state index is 14.6. The van der Waals surface area contributed by atoms with Crippen LogP contribution in [0.4, 0.5) is 14.6 Å². The predicted octanol–water partition coefficient (Wildman–Crippen LogP) is 5.32. The fraction of sp³-hybridized carbons (Fsp3) is 0.444. The summed E-state index contributed by atoms with van der Waals surface area (Å²) in [6.45, 7) is 1.47. The lowest BCUT2D eigenvalue weighted by Crippen LogP contribution is -2.26. The summed E-state index contributed by atoms with van der Waals surface area (Å²) in [4.78, 5) is 9.05. The van der Waals surface area contributed by atoms with E-state index in [1.54, 1.807) is 12.1 Å². The van der Waals surface area contributed by atoms with E-state index in [9.17, 15) is 8.78 Å². The van der Waals surface area contributed by atoms with E-state index < -0.39 is 12.5 Å².